The highest BCUT2D eigenvalue weighted by molar-refractivity contribution is 5.84. The minimum absolute atomic E-state index is 0.134. The number of unbranched alkanes of at least 4 members (excludes halogenated alkanes) is 1. The molecule has 0 aliphatic heterocycles. The molecule has 0 amide bonds. The number of carbonyl (C=O) groups excluding carboxylic acids is 1. The first-order valence-corrected chi connectivity index (χ1v) is 11.5. The fraction of sp³-hybridized carbons (Fsp3) is 0.286. The summed E-state index contributed by atoms with van der Waals surface area (Å²) in [5, 5.41) is 0. The van der Waals surface area contributed by atoms with Gasteiger partial charge in [0.25, 0.3) is 0 Å². The summed E-state index contributed by atoms with van der Waals surface area (Å²) in [5.41, 5.74) is 4.02. The first-order chi connectivity index (χ1) is 16.1. The van der Waals surface area contributed by atoms with E-state index in [4.69, 9.17) is 14.5 Å². The molecule has 1 heterocycles. The Morgan fingerprint density at radius 2 is 1.67 bits per heavy atom. The molecule has 0 radical (unpaired) electrons. The molecule has 4 rings (SSSR count). The first-order valence-electron chi connectivity index (χ1n) is 11.5. The maximum Gasteiger partial charge on any atom is 0.305 e. The van der Waals surface area contributed by atoms with Crippen LogP contribution in [0.25, 0.3) is 28.1 Å². The molecule has 5 nitrogen and oxygen atoms in total. The van der Waals surface area contributed by atoms with Crippen LogP contribution in [0.5, 0.6) is 5.75 Å². The van der Waals surface area contributed by atoms with Crippen molar-refractivity contribution in [2.75, 3.05) is 13.2 Å². The van der Waals surface area contributed by atoms with Gasteiger partial charge >= 0.3 is 5.97 Å². The highest BCUT2D eigenvalue weighted by Gasteiger charge is 2.15. The summed E-state index contributed by atoms with van der Waals surface area (Å²) in [6.45, 7) is 5.10. The van der Waals surface area contributed by atoms with Crippen molar-refractivity contribution in [3.05, 3.63) is 78.9 Å². The van der Waals surface area contributed by atoms with E-state index in [9.17, 15) is 4.79 Å². The molecule has 33 heavy (non-hydrogen) atoms. The van der Waals surface area contributed by atoms with E-state index >= 15 is 0 Å². The third kappa shape index (κ3) is 5.80. The summed E-state index contributed by atoms with van der Waals surface area (Å²) in [7, 11) is 0. The van der Waals surface area contributed by atoms with Crippen molar-refractivity contribution in [1.29, 1.82) is 0 Å². The summed E-state index contributed by atoms with van der Waals surface area (Å²) in [6.07, 6.45) is 1.97. The maximum atomic E-state index is 11.7. The summed E-state index contributed by atoms with van der Waals surface area (Å²) < 4.78 is 13.4. The number of para-hydroxylation sites is 1. The van der Waals surface area contributed by atoms with Crippen LogP contribution in [-0.2, 0) is 9.53 Å². The van der Waals surface area contributed by atoms with Crippen LogP contribution in [0, 0.1) is 5.92 Å². The third-order valence-electron chi connectivity index (χ3n) is 5.29. The Balaban J connectivity index is 1.49. The van der Waals surface area contributed by atoms with Gasteiger partial charge in [0.15, 0.2) is 0 Å². The fourth-order valence-electron chi connectivity index (χ4n) is 3.66. The van der Waals surface area contributed by atoms with Crippen LogP contribution in [0.1, 0.15) is 33.1 Å². The van der Waals surface area contributed by atoms with Crippen LogP contribution in [0.3, 0.4) is 0 Å². The van der Waals surface area contributed by atoms with Crippen LogP contribution in [-0.4, -0.2) is 28.7 Å². The van der Waals surface area contributed by atoms with Crippen molar-refractivity contribution in [3.63, 3.8) is 0 Å². The Morgan fingerprint density at radius 1 is 0.939 bits per heavy atom. The van der Waals surface area contributed by atoms with Crippen molar-refractivity contribution < 1.29 is 14.3 Å². The molecule has 0 saturated heterocycles. The molecule has 0 atom stereocenters. The van der Waals surface area contributed by atoms with E-state index in [2.05, 4.69) is 28.8 Å². The number of carbonyl (C=O) groups is 1. The van der Waals surface area contributed by atoms with Gasteiger partial charge in [0.1, 0.15) is 11.6 Å². The lowest BCUT2D eigenvalue weighted by atomic mass is 10.2. The Morgan fingerprint density at radius 3 is 2.39 bits per heavy atom. The van der Waals surface area contributed by atoms with E-state index in [1.165, 1.54) is 0 Å². The molecular formula is C28H30N2O3. The summed E-state index contributed by atoms with van der Waals surface area (Å²) in [5.74, 6) is 1.92. The van der Waals surface area contributed by atoms with Crippen LogP contribution >= 0.6 is 0 Å². The topological polar surface area (TPSA) is 53.4 Å². The number of benzene rings is 3. The largest absolute Gasteiger partial charge is 0.494 e. The second-order valence-corrected chi connectivity index (χ2v) is 8.51. The number of esters is 1. The monoisotopic (exact) mass is 442 g/mol. The Bertz CT molecular complexity index is 1180. The van der Waals surface area contributed by atoms with E-state index in [1.807, 2.05) is 68.4 Å². The van der Waals surface area contributed by atoms with E-state index in [0.717, 1.165) is 46.7 Å². The second-order valence-electron chi connectivity index (χ2n) is 8.51. The fourth-order valence-corrected chi connectivity index (χ4v) is 3.66. The van der Waals surface area contributed by atoms with Gasteiger partial charge in [0.2, 0.25) is 0 Å². The van der Waals surface area contributed by atoms with Crippen molar-refractivity contribution in [2.45, 2.75) is 33.1 Å². The van der Waals surface area contributed by atoms with Crippen LogP contribution in [0.4, 0.5) is 0 Å². The zero-order valence-corrected chi connectivity index (χ0v) is 19.2. The zero-order chi connectivity index (χ0) is 23.0. The van der Waals surface area contributed by atoms with Gasteiger partial charge in [0.05, 0.1) is 24.2 Å². The quantitative estimate of drug-likeness (QED) is 0.209. The number of rotatable bonds is 10. The van der Waals surface area contributed by atoms with Gasteiger partial charge in [-0.25, -0.2) is 4.98 Å². The molecule has 4 aromatic rings. The van der Waals surface area contributed by atoms with Gasteiger partial charge in [-0.1, -0.05) is 62.4 Å². The van der Waals surface area contributed by atoms with Gasteiger partial charge in [-0.3, -0.25) is 9.36 Å². The highest BCUT2D eigenvalue weighted by Crippen LogP contribution is 2.30. The molecular weight excluding hydrogens is 412 g/mol. The number of imidazole rings is 1. The van der Waals surface area contributed by atoms with Crippen molar-refractivity contribution >= 4 is 17.0 Å². The molecule has 0 spiro atoms. The van der Waals surface area contributed by atoms with E-state index < -0.39 is 0 Å². The second kappa shape index (κ2) is 10.8. The Labute approximate surface area is 195 Å². The number of ether oxygens (including phenoxy) is 2. The van der Waals surface area contributed by atoms with Crippen molar-refractivity contribution in [2.24, 2.45) is 5.92 Å². The molecule has 170 valence electrons. The highest BCUT2D eigenvalue weighted by atomic mass is 16.5. The van der Waals surface area contributed by atoms with Crippen LogP contribution in [0.2, 0.25) is 0 Å². The zero-order valence-electron chi connectivity index (χ0n) is 19.2. The molecule has 0 N–H and O–H groups in total. The average molecular weight is 443 g/mol. The molecule has 0 aliphatic carbocycles. The lowest BCUT2D eigenvalue weighted by molar-refractivity contribution is -0.144. The first kappa shape index (κ1) is 22.6. The van der Waals surface area contributed by atoms with E-state index in [1.54, 1.807) is 0 Å². The molecule has 0 bridgehead atoms. The van der Waals surface area contributed by atoms with Gasteiger partial charge in [-0.2, -0.15) is 0 Å². The number of aromatic nitrogens is 2. The smallest absolute Gasteiger partial charge is 0.305 e. The van der Waals surface area contributed by atoms with Crippen LogP contribution < -0.4 is 4.74 Å². The number of hydrogen-bond acceptors (Lipinski definition) is 4. The van der Waals surface area contributed by atoms with Crippen LogP contribution in [0.15, 0.2) is 78.9 Å². The number of hydrogen-bond donors (Lipinski definition) is 0. The predicted molar refractivity (Wildman–Crippen MR) is 132 cm³/mol. The Hall–Kier alpha value is -3.60. The van der Waals surface area contributed by atoms with Gasteiger partial charge in [-0.05, 0) is 43.0 Å². The lowest BCUT2D eigenvalue weighted by Crippen LogP contribution is -2.10. The minimum Gasteiger partial charge on any atom is -0.494 e. The molecule has 0 saturated carbocycles. The molecule has 0 fully saturated rings. The number of fused-ring (bicyclic) bond motifs is 1. The predicted octanol–water partition coefficient (Wildman–Crippen LogP) is 6.44. The summed E-state index contributed by atoms with van der Waals surface area (Å²) in [4.78, 5) is 16.7. The normalized spacial score (nSPS) is 11.1. The van der Waals surface area contributed by atoms with Gasteiger partial charge in [-0.15, -0.1) is 0 Å². The third-order valence-corrected chi connectivity index (χ3v) is 5.29. The minimum atomic E-state index is -0.134. The van der Waals surface area contributed by atoms with Crippen molar-refractivity contribution in [3.8, 4) is 22.8 Å². The summed E-state index contributed by atoms with van der Waals surface area (Å²) in [6, 6.07) is 26.4. The number of nitrogens with zero attached hydrogens (tertiary/aromatic N) is 2. The Kier molecular flexibility index (Phi) is 7.40. The molecule has 3 aromatic carbocycles. The molecule has 5 heteroatoms. The molecule has 1 aromatic heterocycles. The van der Waals surface area contributed by atoms with E-state index in [0.29, 0.717) is 25.6 Å². The lowest BCUT2D eigenvalue weighted by Gasteiger charge is -2.11. The van der Waals surface area contributed by atoms with Gasteiger partial charge < -0.3 is 9.47 Å². The standard InChI is InChI=1S/C28H30N2O3/c1-21(2)20-33-27(31)15-9-10-18-32-24-16-17-25-26(19-24)30(23-13-7-4-8-14-23)28(29-25)22-11-5-3-6-12-22/h3-8,11-14,16-17,19,21H,9-10,15,18,20H2,1-2H3. The average Bonchev–Trinajstić information content (AvgIpc) is 3.22. The maximum absolute atomic E-state index is 11.7. The van der Waals surface area contributed by atoms with Crippen molar-refractivity contribution in [1.82, 2.24) is 9.55 Å². The van der Waals surface area contributed by atoms with E-state index in [-0.39, 0.29) is 5.97 Å². The molecule has 0 aliphatic rings. The van der Waals surface area contributed by atoms with Gasteiger partial charge in [0, 0.05) is 23.7 Å². The molecule has 0 unspecified atom stereocenters. The SMILES string of the molecule is CC(C)COC(=O)CCCCOc1ccc2nc(-c3ccccc3)n(-c3ccccc3)c2c1. The summed E-state index contributed by atoms with van der Waals surface area (Å²) >= 11 is 0.